The molecule has 0 aromatic heterocycles. The second-order valence-corrected chi connectivity index (χ2v) is 2.01. The molecule has 0 spiro atoms. The predicted octanol–water partition coefficient (Wildman–Crippen LogP) is -1.32. The van der Waals surface area contributed by atoms with Crippen LogP contribution in [0.15, 0.2) is 0 Å². The van der Waals surface area contributed by atoms with Gasteiger partial charge in [0.2, 0.25) is 0 Å². The zero-order chi connectivity index (χ0) is 8.15. The van der Waals surface area contributed by atoms with Crippen LogP contribution in [0, 0.1) is 0 Å². The molecule has 0 fully saturated rings. The first kappa shape index (κ1) is 9.55. The van der Waals surface area contributed by atoms with E-state index in [1.807, 2.05) is 0 Å². The summed E-state index contributed by atoms with van der Waals surface area (Å²) >= 11 is 0. The Morgan fingerprint density at radius 3 is 2.30 bits per heavy atom. The largest absolute Gasteiger partial charge is 0.394 e. The average Bonchev–Trinajstić information content (AvgIpc) is 2.00. The fraction of sp³-hybridized carbons (Fsp3) is 0.833. The number of carbonyl (C=O) groups excluding carboxylic acids is 1. The van der Waals surface area contributed by atoms with Crippen molar-refractivity contribution in [1.82, 2.24) is 0 Å². The summed E-state index contributed by atoms with van der Waals surface area (Å²) < 4.78 is 0. The highest BCUT2D eigenvalue weighted by Gasteiger charge is 2.21. The molecule has 0 rings (SSSR count). The van der Waals surface area contributed by atoms with Crippen LogP contribution in [0.5, 0.6) is 0 Å². The molecule has 3 N–H and O–H groups in total. The van der Waals surface area contributed by atoms with Gasteiger partial charge >= 0.3 is 0 Å². The maximum atomic E-state index is 10.6. The number of hydrogen-bond acceptors (Lipinski definition) is 4. The lowest BCUT2D eigenvalue weighted by molar-refractivity contribution is -0.134. The van der Waals surface area contributed by atoms with E-state index < -0.39 is 24.6 Å². The van der Waals surface area contributed by atoms with Crippen molar-refractivity contribution >= 4 is 5.78 Å². The zero-order valence-electron chi connectivity index (χ0n) is 5.82. The molecule has 4 nitrogen and oxygen atoms in total. The normalized spacial score (nSPS) is 16.4. The molecule has 0 amide bonds. The number of aliphatic hydroxyl groups is 3. The van der Waals surface area contributed by atoms with Gasteiger partial charge in [-0.1, -0.05) is 6.92 Å². The van der Waals surface area contributed by atoms with Crippen molar-refractivity contribution in [1.29, 1.82) is 0 Å². The molecule has 0 aromatic carbocycles. The third-order valence-electron chi connectivity index (χ3n) is 1.23. The van der Waals surface area contributed by atoms with Crippen LogP contribution in [0.1, 0.15) is 13.3 Å². The molecule has 0 aromatic rings. The van der Waals surface area contributed by atoms with Gasteiger partial charge < -0.3 is 15.3 Å². The van der Waals surface area contributed by atoms with Crippen molar-refractivity contribution in [2.45, 2.75) is 25.6 Å². The Bertz CT molecular complexity index is 112. The van der Waals surface area contributed by atoms with Crippen molar-refractivity contribution in [3.63, 3.8) is 0 Å². The molecular weight excluding hydrogens is 136 g/mol. The van der Waals surface area contributed by atoms with Gasteiger partial charge in [0, 0.05) is 6.42 Å². The summed E-state index contributed by atoms with van der Waals surface area (Å²) in [7, 11) is 0. The highest BCUT2D eigenvalue weighted by Crippen LogP contribution is 1.96. The third kappa shape index (κ3) is 2.43. The summed E-state index contributed by atoms with van der Waals surface area (Å²) in [5.41, 5.74) is 0. The third-order valence-corrected chi connectivity index (χ3v) is 1.23. The number of Topliss-reactive ketones (excluding diaryl/α,β-unsaturated/α-hetero) is 1. The van der Waals surface area contributed by atoms with Crippen molar-refractivity contribution in [3.05, 3.63) is 0 Å². The first-order valence-electron chi connectivity index (χ1n) is 3.13. The Labute approximate surface area is 59.1 Å². The molecule has 4 heteroatoms. The van der Waals surface area contributed by atoms with Gasteiger partial charge in [0.05, 0.1) is 6.61 Å². The summed E-state index contributed by atoms with van der Waals surface area (Å²) in [6.07, 6.45) is -2.61. The Morgan fingerprint density at radius 1 is 1.50 bits per heavy atom. The summed E-state index contributed by atoms with van der Waals surface area (Å²) in [5, 5.41) is 25.8. The maximum Gasteiger partial charge on any atom is 0.163 e. The molecule has 10 heavy (non-hydrogen) atoms. The van der Waals surface area contributed by atoms with Crippen LogP contribution < -0.4 is 0 Å². The Hall–Kier alpha value is -0.450. The smallest absolute Gasteiger partial charge is 0.163 e. The van der Waals surface area contributed by atoms with Crippen LogP contribution >= 0.6 is 0 Å². The molecular formula is C6H12O4. The molecule has 0 radical (unpaired) electrons. The number of rotatable bonds is 4. The zero-order valence-corrected chi connectivity index (χ0v) is 5.82. The molecule has 2 unspecified atom stereocenters. The van der Waals surface area contributed by atoms with Crippen LogP contribution in [0.2, 0.25) is 0 Å². The van der Waals surface area contributed by atoms with E-state index in [1.54, 1.807) is 6.92 Å². The predicted molar refractivity (Wildman–Crippen MR) is 34.4 cm³/mol. The van der Waals surface area contributed by atoms with Gasteiger partial charge in [-0.2, -0.15) is 0 Å². The minimum absolute atomic E-state index is 0.165. The van der Waals surface area contributed by atoms with E-state index in [1.165, 1.54) is 0 Å². The van der Waals surface area contributed by atoms with E-state index in [9.17, 15) is 4.79 Å². The van der Waals surface area contributed by atoms with Crippen molar-refractivity contribution in [2.75, 3.05) is 6.61 Å². The van der Waals surface area contributed by atoms with Gasteiger partial charge in [0.25, 0.3) is 0 Å². The second kappa shape index (κ2) is 4.38. The monoisotopic (exact) mass is 148 g/mol. The Morgan fingerprint density at radius 2 is 2.00 bits per heavy atom. The molecule has 0 heterocycles. The summed E-state index contributed by atoms with van der Waals surface area (Å²) in [6, 6.07) is 0. The van der Waals surface area contributed by atoms with Gasteiger partial charge in [-0.25, -0.2) is 0 Å². The topological polar surface area (TPSA) is 77.8 Å². The van der Waals surface area contributed by atoms with Gasteiger partial charge in [-0.05, 0) is 0 Å². The minimum atomic E-state index is -1.44. The van der Waals surface area contributed by atoms with Crippen LogP contribution in [0.4, 0.5) is 0 Å². The lowest BCUT2D eigenvalue weighted by Gasteiger charge is -2.12. The first-order chi connectivity index (χ1) is 4.63. The highest BCUT2D eigenvalue weighted by molar-refractivity contribution is 5.83. The van der Waals surface area contributed by atoms with E-state index in [4.69, 9.17) is 15.3 Å². The van der Waals surface area contributed by atoms with E-state index >= 15 is 0 Å². The molecule has 0 saturated heterocycles. The van der Waals surface area contributed by atoms with E-state index in [-0.39, 0.29) is 6.42 Å². The van der Waals surface area contributed by atoms with Crippen LogP contribution in [-0.4, -0.2) is 39.9 Å². The summed E-state index contributed by atoms with van der Waals surface area (Å²) in [5.74, 6) is -0.457. The summed E-state index contributed by atoms with van der Waals surface area (Å²) in [4.78, 5) is 10.6. The van der Waals surface area contributed by atoms with Crippen LogP contribution in [0.25, 0.3) is 0 Å². The summed E-state index contributed by atoms with van der Waals surface area (Å²) in [6.45, 7) is 0.989. The lowest BCUT2D eigenvalue weighted by Crippen LogP contribution is -2.35. The average molecular weight is 148 g/mol. The van der Waals surface area contributed by atoms with Crippen molar-refractivity contribution in [3.8, 4) is 0 Å². The van der Waals surface area contributed by atoms with E-state index in [0.29, 0.717) is 0 Å². The Balaban J connectivity index is 3.81. The van der Waals surface area contributed by atoms with E-state index in [2.05, 4.69) is 0 Å². The number of ketones is 1. The van der Waals surface area contributed by atoms with Crippen molar-refractivity contribution in [2.24, 2.45) is 0 Å². The molecule has 0 saturated carbocycles. The second-order valence-electron chi connectivity index (χ2n) is 2.01. The SMILES string of the molecule is CCC(=O)C(O)C(O)CO. The van der Waals surface area contributed by atoms with Gasteiger partial charge in [-0.3, -0.25) is 4.79 Å². The molecule has 0 bridgehead atoms. The van der Waals surface area contributed by atoms with Crippen LogP contribution in [-0.2, 0) is 4.79 Å². The Kier molecular flexibility index (Phi) is 4.18. The standard InChI is InChI=1S/C6H12O4/c1-2-4(8)6(10)5(9)3-7/h5-7,9-10H,2-3H2,1H3. The van der Waals surface area contributed by atoms with E-state index in [0.717, 1.165) is 0 Å². The minimum Gasteiger partial charge on any atom is -0.394 e. The maximum absolute atomic E-state index is 10.6. The molecule has 60 valence electrons. The first-order valence-corrected chi connectivity index (χ1v) is 3.13. The molecule has 0 aliphatic rings. The van der Waals surface area contributed by atoms with Crippen LogP contribution in [0.3, 0.4) is 0 Å². The van der Waals surface area contributed by atoms with Gasteiger partial charge in [-0.15, -0.1) is 0 Å². The highest BCUT2D eigenvalue weighted by atomic mass is 16.4. The fourth-order valence-electron chi connectivity index (χ4n) is 0.524. The lowest BCUT2D eigenvalue weighted by atomic mass is 10.1. The molecule has 2 atom stereocenters. The fourth-order valence-corrected chi connectivity index (χ4v) is 0.524. The number of carbonyl (C=O) groups is 1. The number of aliphatic hydroxyl groups excluding tert-OH is 3. The number of hydrogen-bond donors (Lipinski definition) is 3. The van der Waals surface area contributed by atoms with Crippen molar-refractivity contribution < 1.29 is 20.1 Å². The molecule has 0 aliphatic carbocycles. The van der Waals surface area contributed by atoms with Gasteiger partial charge in [0.1, 0.15) is 12.2 Å². The quantitative estimate of drug-likeness (QED) is 0.462. The van der Waals surface area contributed by atoms with Gasteiger partial charge in [0.15, 0.2) is 5.78 Å². The molecule has 0 aliphatic heterocycles.